The molecule has 132 valence electrons. The molecule has 4 nitrogen and oxygen atoms in total. The first-order chi connectivity index (χ1) is 12.0. The minimum absolute atomic E-state index is 0.128. The number of halogens is 2. The molecule has 0 radical (unpaired) electrons. The lowest BCUT2D eigenvalue weighted by Gasteiger charge is -2.30. The monoisotopic (exact) mass is 379 g/mol. The number of carbonyl (C=O) groups is 1. The number of ether oxygens (including phenoxy) is 1. The van der Waals surface area contributed by atoms with Gasteiger partial charge >= 0.3 is 0 Å². The molecule has 1 heterocycles. The van der Waals surface area contributed by atoms with E-state index in [-0.39, 0.29) is 12.5 Å². The molecule has 0 spiro atoms. The van der Waals surface area contributed by atoms with Gasteiger partial charge in [-0.2, -0.15) is 0 Å². The summed E-state index contributed by atoms with van der Waals surface area (Å²) in [5.74, 6) is 0.370. The van der Waals surface area contributed by atoms with Gasteiger partial charge in [0.1, 0.15) is 12.4 Å². The number of carbonyl (C=O) groups excluding carboxylic acids is 1. The number of para-hydroxylation sites is 1. The van der Waals surface area contributed by atoms with E-state index in [0.717, 1.165) is 18.4 Å². The molecule has 1 unspecified atom stereocenters. The van der Waals surface area contributed by atoms with Gasteiger partial charge in [0, 0.05) is 28.7 Å². The van der Waals surface area contributed by atoms with Crippen molar-refractivity contribution in [3.63, 3.8) is 0 Å². The number of piperidine rings is 1. The van der Waals surface area contributed by atoms with Crippen molar-refractivity contribution in [2.45, 2.75) is 25.6 Å². The lowest BCUT2D eigenvalue weighted by molar-refractivity contribution is 0.0470. The van der Waals surface area contributed by atoms with Crippen LogP contribution >= 0.6 is 23.2 Å². The van der Waals surface area contributed by atoms with Crippen LogP contribution in [0.4, 0.5) is 0 Å². The molecule has 1 aliphatic rings. The van der Waals surface area contributed by atoms with Gasteiger partial charge in [-0.3, -0.25) is 4.79 Å². The van der Waals surface area contributed by atoms with Crippen LogP contribution in [0, 0.1) is 0 Å². The topological polar surface area (TPSA) is 49.8 Å². The Morgan fingerprint density at radius 1 is 1.24 bits per heavy atom. The third kappa shape index (κ3) is 4.46. The van der Waals surface area contributed by atoms with Crippen molar-refractivity contribution >= 4 is 29.1 Å². The summed E-state index contributed by atoms with van der Waals surface area (Å²) < 4.78 is 5.85. The van der Waals surface area contributed by atoms with E-state index in [9.17, 15) is 9.90 Å². The molecule has 1 saturated heterocycles. The largest absolute Gasteiger partial charge is 0.488 e. The van der Waals surface area contributed by atoms with E-state index in [1.54, 1.807) is 41.3 Å². The van der Waals surface area contributed by atoms with Gasteiger partial charge in [0.05, 0.1) is 11.7 Å². The average Bonchev–Trinajstić information content (AvgIpc) is 2.61. The van der Waals surface area contributed by atoms with Gasteiger partial charge in [-0.15, -0.1) is 0 Å². The summed E-state index contributed by atoms with van der Waals surface area (Å²) in [6.07, 6.45) is 1.08. The standard InChI is InChI=1S/C19H19Cl2NO3/c20-14-8-7-13(17(21)10-14)12-25-18-6-2-1-5-16(18)19(24)22-9-3-4-15(23)11-22/h1-2,5-8,10,15,23H,3-4,9,11-12H2. The summed E-state index contributed by atoms with van der Waals surface area (Å²) in [5.41, 5.74) is 1.28. The number of amides is 1. The van der Waals surface area contributed by atoms with Gasteiger partial charge < -0.3 is 14.7 Å². The number of β-amino-alcohol motifs (C(OH)–C–C–N with tert-alkyl or cyclic N) is 1. The first kappa shape index (κ1) is 18.1. The normalized spacial score (nSPS) is 17.4. The molecule has 1 amide bonds. The van der Waals surface area contributed by atoms with E-state index < -0.39 is 6.10 Å². The number of aliphatic hydroxyl groups excluding tert-OH is 1. The molecular weight excluding hydrogens is 361 g/mol. The highest BCUT2D eigenvalue weighted by atomic mass is 35.5. The number of likely N-dealkylation sites (tertiary alicyclic amines) is 1. The lowest BCUT2D eigenvalue weighted by atomic mass is 10.1. The zero-order valence-corrected chi connectivity index (χ0v) is 15.1. The van der Waals surface area contributed by atoms with Crippen LogP contribution in [-0.2, 0) is 6.61 Å². The van der Waals surface area contributed by atoms with Gasteiger partial charge in [-0.1, -0.05) is 41.4 Å². The Morgan fingerprint density at radius 3 is 2.80 bits per heavy atom. The van der Waals surface area contributed by atoms with E-state index in [1.807, 2.05) is 6.07 Å². The van der Waals surface area contributed by atoms with Crippen molar-refractivity contribution in [2.75, 3.05) is 13.1 Å². The molecule has 0 saturated carbocycles. The lowest BCUT2D eigenvalue weighted by Crippen LogP contribution is -2.42. The fourth-order valence-corrected chi connectivity index (χ4v) is 3.34. The molecule has 3 rings (SSSR count). The highest BCUT2D eigenvalue weighted by Crippen LogP contribution is 2.26. The molecule has 25 heavy (non-hydrogen) atoms. The molecular formula is C19H19Cl2NO3. The van der Waals surface area contributed by atoms with Gasteiger partial charge in [-0.05, 0) is 37.1 Å². The fraction of sp³-hybridized carbons (Fsp3) is 0.316. The first-order valence-corrected chi connectivity index (χ1v) is 8.93. The average molecular weight is 380 g/mol. The molecule has 1 atom stereocenters. The molecule has 1 N–H and O–H groups in total. The van der Waals surface area contributed by atoms with Crippen LogP contribution in [0.2, 0.25) is 10.0 Å². The Morgan fingerprint density at radius 2 is 2.04 bits per heavy atom. The number of rotatable bonds is 4. The van der Waals surface area contributed by atoms with Gasteiger partial charge in [0.25, 0.3) is 5.91 Å². The van der Waals surface area contributed by atoms with Crippen molar-refractivity contribution < 1.29 is 14.6 Å². The SMILES string of the molecule is O=C(c1ccccc1OCc1ccc(Cl)cc1Cl)N1CCCC(O)C1. The van der Waals surface area contributed by atoms with Crippen LogP contribution in [0.15, 0.2) is 42.5 Å². The highest BCUT2D eigenvalue weighted by molar-refractivity contribution is 6.35. The van der Waals surface area contributed by atoms with E-state index in [4.69, 9.17) is 27.9 Å². The number of nitrogens with zero attached hydrogens (tertiary/aromatic N) is 1. The number of benzene rings is 2. The Labute approximate surface area is 156 Å². The van der Waals surface area contributed by atoms with Gasteiger partial charge in [-0.25, -0.2) is 0 Å². The highest BCUT2D eigenvalue weighted by Gasteiger charge is 2.25. The fourth-order valence-electron chi connectivity index (χ4n) is 2.87. The molecule has 1 fully saturated rings. The molecule has 2 aromatic rings. The Kier molecular flexibility index (Phi) is 5.84. The maximum absolute atomic E-state index is 12.8. The Bertz CT molecular complexity index is 766. The van der Waals surface area contributed by atoms with E-state index in [0.29, 0.717) is 34.4 Å². The second-order valence-corrected chi connectivity index (χ2v) is 6.91. The van der Waals surface area contributed by atoms with E-state index >= 15 is 0 Å². The smallest absolute Gasteiger partial charge is 0.257 e. The van der Waals surface area contributed by atoms with E-state index in [2.05, 4.69) is 0 Å². The first-order valence-electron chi connectivity index (χ1n) is 8.17. The summed E-state index contributed by atoms with van der Waals surface area (Å²) in [7, 11) is 0. The molecule has 0 aromatic heterocycles. The summed E-state index contributed by atoms with van der Waals surface area (Å²) in [5, 5.41) is 10.9. The maximum Gasteiger partial charge on any atom is 0.257 e. The zero-order valence-electron chi connectivity index (χ0n) is 13.6. The van der Waals surface area contributed by atoms with E-state index in [1.165, 1.54) is 0 Å². The minimum Gasteiger partial charge on any atom is -0.488 e. The van der Waals surface area contributed by atoms with Gasteiger partial charge in [0.15, 0.2) is 0 Å². The molecule has 1 aliphatic heterocycles. The van der Waals surface area contributed by atoms with Crippen molar-refractivity contribution in [1.29, 1.82) is 0 Å². The van der Waals surface area contributed by atoms with Crippen molar-refractivity contribution in [3.05, 3.63) is 63.6 Å². The number of hydrogen-bond donors (Lipinski definition) is 1. The predicted octanol–water partition coefficient (Wildman–Crippen LogP) is 4.17. The van der Waals surface area contributed by atoms with Crippen LogP contribution in [0.3, 0.4) is 0 Å². The summed E-state index contributed by atoms with van der Waals surface area (Å²) >= 11 is 12.1. The van der Waals surface area contributed by atoms with Crippen LogP contribution in [-0.4, -0.2) is 35.1 Å². The number of aliphatic hydroxyl groups is 1. The molecule has 2 aromatic carbocycles. The Hall–Kier alpha value is -1.75. The quantitative estimate of drug-likeness (QED) is 0.866. The summed E-state index contributed by atoms with van der Waals surface area (Å²) in [6.45, 7) is 1.24. The molecule has 0 aliphatic carbocycles. The van der Waals surface area contributed by atoms with Crippen molar-refractivity contribution in [3.8, 4) is 5.75 Å². The summed E-state index contributed by atoms with van der Waals surface area (Å²) in [4.78, 5) is 14.5. The molecule has 0 bridgehead atoms. The third-order valence-electron chi connectivity index (χ3n) is 4.20. The summed E-state index contributed by atoms with van der Waals surface area (Å²) in [6, 6.07) is 12.3. The maximum atomic E-state index is 12.8. The second-order valence-electron chi connectivity index (χ2n) is 6.07. The molecule has 6 heteroatoms. The van der Waals surface area contributed by atoms with Gasteiger partial charge in [0.2, 0.25) is 0 Å². The second kappa shape index (κ2) is 8.09. The van der Waals surface area contributed by atoms with Crippen LogP contribution in [0.25, 0.3) is 0 Å². The van der Waals surface area contributed by atoms with Crippen LogP contribution < -0.4 is 4.74 Å². The Balaban J connectivity index is 1.75. The van der Waals surface area contributed by atoms with Crippen LogP contribution in [0.5, 0.6) is 5.75 Å². The predicted molar refractivity (Wildman–Crippen MR) is 98.4 cm³/mol. The van der Waals surface area contributed by atoms with Crippen LogP contribution in [0.1, 0.15) is 28.8 Å². The number of hydrogen-bond acceptors (Lipinski definition) is 3. The third-order valence-corrected chi connectivity index (χ3v) is 4.79. The minimum atomic E-state index is -0.460. The van der Waals surface area contributed by atoms with Crippen molar-refractivity contribution in [1.82, 2.24) is 4.90 Å². The van der Waals surface area contributed by atoms with Crippen molar-refractivity contribution in [2.24, 2.45) is 0 Å². The zero-order chi connectivity index (χ0) is 17.8.